The summed E-state index contributed by atoms with van der Waals surface area (Å²) in [5, 5.41) is 5.22. The maximum Gasteiger partial charge on any atom is 0.311 e. The number of hydrogen-bond acceptors (Lipinski definition) is 4. The molecule has 0 radical (unpaired) electrons. The van der Waals surface area contributed by atoms with Crippen molar-refractivity contribution in [1.82, 2.24) is 0 Å². The quantitative estimate of drug-likeness (QED) is 0.565. The molecule has 0 saturated carbocycles. The predicted molar refractivity (Wildman–Crippen MR) is 120 cm³/mol. The van der Waals surface area contributed by atoms with Gasteiger partial charge in [-0.05, 0) is 29.7 Å². The molecule has 4 rings (SSSR count). The second kappa shape index (κ2) is 8.96. The molecule has 1 aliphatic heterocycles. The van der Waals surface area contributed by atoms with Gasteiger partial charge in [0.15, 0.2) is 6.61 Å². The molecule has 1 fully saturated rings. The number of hydrogen-bond donors (Lipinski definition) is 1. The molecule has 0 bridgehead atoms. The maximum atomic E-state index is 12.6. The lowest BCUT2D eigenvalue weighted by Gasteiger charge is -2.18. The molecule has 0 aromatic heterocycles. The highest BCUT2D eigenvalue weighted by atomic mass is 35.5. The zero-order valence-electron chi connectivity index (χ0n) is 16.3. The van der Waals surface area contributed by atoms with Crippen LogP contribution in [-0.2, 0) is 19.1 Å². The van der Waals surface area contributed by atoms with Gasteiger partial charge in [0, 0.05) is 23.4 Å². The number of amides is 2. The number of nitrogens with one attached hydrogen (secondary N) is 1. The molecule has 1 heterocycles. The first-order chi connectivity index (χ1) is 14.9. The number of carbonyl (C=O) groups is 3. The van der Waals surface area contributed by atoms with Gasteiger partial charge in [-0.15, -0.1) is 0 Å². The van der Waals surface area contributed by atoms with Gasteiger partial charge in [-0.25, -0.2) is 0 Å². The zero-order chi connectivity index (χ0) is 22.0. The molecular weight excluding hydrogens is 439 g/mol. The molecule has 1 N–H and O–H groups in total. The Bertz CT molecular complexity index is 1180. The van der Waals surface area contributed by atoms with Crippen LogP contribution in [0.3, 0.4) is 0 Å². The molecule has 1 aliphatic rings. The number of carbonyl (C=O) groups excluding carboxylic acids is 3. The standard InChI is InChI=1S/C23H18Cl2N2O4/c24-16-8-9-18(25)19(11-16)26-21(28)13-31-23(30)15-10-22(29)27(12-15)20-7-3-5-14-4-1-2-6-17(14)20/h1-9,11,15H,10,12-13H2,(H,26,28)/t15-/m0/s1. The fraction of sp³-hybridized carbons (Fsp3) is 0.174. The summed E-state index contributed by atoms with van der Waals surface area (Å²) in [5.74, 6) is -1.95. The van der Waals surface area contributed by atoms with E-state index in [1.807, 2.05) is 42.5 Å². The molecule has 1 saturated heterocycles. The monoisotopic (exact) mass is 456 g/mol. The van der Waals surface area contributed by atoms with Crippen molar-refractivity contribution >= 4 is 63.1 Å². The van der Waals surface area contributed by atoms with Crippen molar-refractivity contribution in [2.45, 2.75) is 6.42 Å². The van der Waals surface area contributed by atoms with Crippen LogP contribution in [0.5, 0.6) is 0 Å². The minimum Gasteiger partial charge on any atom is -0.455 e. The van der Waals surface area contributed by atoms with Crippen LogP contribution in [-0.4, -0.2) is 30.9 Å². The topological polar surface area (TPSA) is 75.7 Å². The summed E-state index contributed by atoms with van der Waals surface area (Å²) < 4.78 is 5.14. The Morgan fingerprint density at radius 3 is 2.68 bits per heavy atom. The van der Waals surface area contributed by atoms with Crippen molar-refractivity contribution in [3.63, 3.8) is 0 Å². The van der Waals surface area contributed by atoms with Gasteiger partial charge in [0.25, 0.3) is 5.91 Å². The van der Waals surface area contributed by atoms with Crippen LogP contribution in [0.15, 0.2) is 60.7 Å². The van der Waals surface area contributed by atoms with E-state index in [-0.39, 0.29) is 18.9 Å². The lowest BCUT2D eigenvalue weighted by Crippen LogP contribution is -2.28. The molecule has 0 unspecified atom stereocenters. The summed E-state index contributed by atoms with van der Waals surface area (Å²) in [6.45, 7) is -0.284. The first-order valence-electron chi connectivity index (χ1n) is 9.62. The Morgan fingerprint density at radius 2 is 1.84 bits per heavy atom. The number of fused-ring (bicyclic) bond motifs is 1. The summed E-state index contributed by atoms with van der Waals surface area (Å²) in [4.78, 5) is 38.8. The minimum atomic E-state index is -0.644. The molecule has 158 valence electrons. The number of rotatable bonds is 5. The van der Waals surface area contributed by atoms with E-state index in [1.165, 1.54) is 6.07 Å². The Labute approximate surface area is 188 Å². The molecule has 1 atom stereocenters. The number of ether oxygens (including phenoxy) is 1. The highest BCUT2D eigenvalue weighted by molar-refractivity contribution is 6.35. The first kappa shape index (κ1) is 21.2. The highest BCUT2D eigenvalue weighted by Gasteiger charge is 2.36. The maximum absolute atomic E-state index is 12.6. The first-order valence-corrected chi connectivity index (χ1v) is 10.4. The Balaban J connectivity index is 1.38. The van der Waals surface area contributed by atoms with Gasteiger partial charge in [0.05, 0.1) is 22.3 Å². The Kier molecular flexibility index (Phi) is 6.11. The molecule has 8 heteroatoms. The van der Waals surface area contributed by atoms with Gasteiger partial charge in [-0.2, -0.15) is 0 Å². The summed E-state index contributed by atoms with van der Waals surface area (Å²) in [7, 11) is 0. The van der Waals surface area contributed by atoms with Crippen molar-refractivity contribution in [2.24, 2.45) is 5.92 Å². The third-order valence-electron chi connectivity index (χ3n) is 5.06. The number of benzene rings is 3. The van der Waals surface area contributed by atoms with Gasteiger partial charge >= 0.3 is 5.97 Å². The second-order valence-corrected chi connectivity index (χ2v) is 8.03. The summed E-state index contributed by atoms with van der Waals surface area (Å²) in [6.07, 6.45) is 0.0315. The van der Waals surface area contributed by atoms with Crippen molar-refractivity contribution in [3.8, 4) is 0 Å². The third-order valence-corrected chi connectivity index (χ3v) is 5.63. The van der Waals surface area contributed by atoms with Crippen molar-refractivity contribution < 1.29 is 19.1 Å². The molecular formula is C23H18Cl2N2O4. The van der Waals surface area contributed by atoms with E-state index in [0.717, 1.165) is 16.5 Å². The van der Waals surface area contributed by atoms with Crippen LogP contribution in [0, 0.1) is 5.92 Å². The second-order valence-electron chi connectivity index (χ2n) is 7.18. The SMILES string of the molecule is O=C(COC(=O)[C@H]1CC(=O)N(c2cccc3ccccc23)C1)Nc1cc(Cl)ccc1Cl. The fourth-order valence-electron chi connectivity index (χ4n) is 3.58. The van der Waals surface area contributed by atoms with E-state index < -0.39 is 24.4 Å². The van der Waals surface area contributed by atoms with Gasteiger partial charge in [0.1, 0.15) is 0 Å². The average Bonchev–Trinajstić information content (AvgIpc) is 3.15. The molecule has 0 spiro atoms. The van der Waals surface area contributed by atoms with Gasteiger partial charge < -0.3 is 15.0 Å². The van der Waals surface area contributed by atoms with Crippen LogP contribution < -0.4 is 10.2 Å². The number of halogens is 2. The Hall–Kier alpha value is -3.09. The van der Waals surface area contributed by atoms with Crippen molar-refractivity contribution in [1.29, 1.82) is 0 Å². The normalized spacial score (nSPS) is 15.9. The third kappa shape index (κ3) is 4.65. The van der Waals surface area contributed by atoms with E-state index in [4.69, 9.17) is 27.9 Å². The summed E-state index contributed by atoms with van der Waals surface area (Å²) in [6, 6.07) is 18.1. The molecule has 3 aromatic rings. The largest absolute Gasteiger partial charge is 0.455 e. The van der Waals surface area contributed by atoms with Gasteiger partial charge in [-0.3, -0.25) is 14.4 Å². The minimum absolute atomic E-state index is 0.0315. The van der Waals surface area contributed by atoms with Crippen LogP contribution in [0.25, 0.3) is 10.8 Å². The van der Waals surface area contributed by atoms with Crippen LogP contribution in [0.4, 0.5) is 11.4 Å². The number of esters is 1. The fourth-order valence-corrected chi connectivity index (χ4v) is 3.91. The summed E-state index contributed by atoms with van der Waals surface area (Å²) >= 11 is 11.9. The van der Waals surface area contributed by atoms with Crippen molar-refractivity contribution in [2.75, 3.05) is 23.4 Å². The van der Waals surface area contributed by atoms with E-state index in [0.29, 0.717) is 15.7 Å². The lowest BCUT2D eigenvalue weighted by molar-refractivity contribution is -0.151. The molecule has 6 nitrogen and oxygen atoms in total. The number of anilines is 2. The zero-order valence-corrected chi connectivity index (χ0v) is 17.8. The molecule has 0 aliphatic carbocycles. The van der Waals surface area contributed by atoms with Gasteiger partial charge in [-0.1, -0.05) is 59.6 Å². The van der Waals surface area contributed by atoms with Crippen LogP contribution in [0.1, 0.15) is 6.42 Å². The predicted octanol–water partition coefficient (Wildman–Crippen LogP) is 4.68. The lowest BCUT2D eigenvalue weighted by atomic mass is 10.1. The molecule has 31 heavy (non-hydrogen) atoms. The van der Waals surface area contributed by atoms with E-state index in [1.54, 1.807) is 17.0 Å². The average molecular weight is 457 g/mol. The van der Waals surface area contributed by atoms with E-state index in [9.17, 15) is 14.4 Å². The highest BCUT2D eigenvalue weighted by Crippen LogP contribution is 2.32. The van der Waals surface area contributed by atoms with Crippen LogP contribution in [0.2, 0.25) is 10.0 Å². The molecule has 2 amide bonds. The van der Waals surface area contributed by atoms with Crippen molar-refractivity contribution in [3.05, 3.63) is 70.7 Å². The number of nitrogens with zero attached hydrogens (tertiary/aromatic N) is 1. The van der Waals surface area contributed by atoms with E-state index >= 15 is 0 Å². The van der Waals surface area contributed by atoms with E-state index in [2.05, 4.69) is 5.32 Å². The van der Waals surface area contributed by atoms with Gasteiger partial charge in [0.2, 0.25) is 5.91 Å². The Morgan fingerprint density at radius 1 is 1.06 bits per heavy atom. The summed E-state index contributed by atoms with van der Waals surface area (Å²) in [5.41, 5.74) is 1.08. The van der Waals surface area contributed by atoms with Crippen LogP contribution >= 0.6 is 23.2 Å². The molecule has 3 aromatic carbocycles. The smallest absolute Gasteiger partial charge is 0.311 e.